The Morgan fingerprint density at radius 2 is 2.25 bits per heavy atom. The minimum Gasteiger partial charge on any atom is -0.377 e. The van der Waals surface area contributed by atoms with E-state index >= 15 is 0 Å². The van der Waals surface area contributed by atoms with Crippen LogP contribution in [0.4, 0.5) is 5.82 Å². The summed E-state index contributed by atoms with van der Waals surface area (Å²) < 4.78 is 5.21. The molecule has 2 rings (SSSR count). The SMILES string of the molecule is CO[C@H]1C=C[C@H](N(O)c2cccc(C)n2)C1. The topological polar surface area (TPSA) is 45.6 Å². The van der Waals surface area contributed by atoms with Crippen LogP contribution in [0.15, 0.2) is 30.4 Å². The van der Waals surface area contributed by atoms with Crippen molar-refractivity contribution in [3.05, 3.63) is 36.0 Å². The quantitative estimate of drug-likeness (QED) is 0.624. The van der Waals surface area contributed by atoms with Crippen molar-refractivity contribution in [3.8, 4) is 0 Å². The highest BCUT2D eigenvalue weighted by molar-refractivity contribution is 5.39. The van der Waals surface area contributed by atoms with Gasteiger partial charge in [-0.1, -0.05) is 18.2 Å². The summed E-state index contributed by atoms with van der Waals surface area (Å²) in [6.07, 6.45) is 4.74. The smallest absolute Gasteiger partial charge is 0.153 e. The Hall–Kier alpha value is -1.39. The maximum absolute atomic E-state index is 10.0. The number of methoxy groups -OCH3 is 1. The average Bonchev–Trinajstić information content (AvgIpc) is 2.76. The fourth-order valence-corrected chi connectivity index (χ4v) is 1.83. The molecule has 1 aliphatic rings. The van der Waals surface area contributed by atoms with Crippen LogP contribution in [0.1, 0.15) is 12.1 Å². The van der Waals surface area contributed by atoms with Gasteiger partial charge in [-0.2, -0.15) is 0 Å². The normalized spacial score (nSPS) is 23.7. The maximum Gasteiger partial charge on any atom is 0.153 e. The van der Waals surface area contributed by atoms with E-state index in [9.17, 15) is 5.21 Å². The molecular formula is C12H16N2O2. The van der Waals surface area contributed by atoms with E-state index in [1.54, 1.807) is 13.2 Å². The highest BCUT2D eigenvalue weighted by Gasteiger charge is 2.24. The number of aromatic nitrogens is 1. The zero-order valence-corrected chi connectivity index (χ0v) is 9.50. The summed E-state index contributed by atoms with van der Waals surface area (Å²) in [6, 6.07) is 5.52. The number of pyridine rings is 1. The molecule has 0 saturated heterocycles. The average molecular weight is 220 g/mol. The number of nitrogens with zero attached hydrogens (tertiary/aromatic N) is 2. The van der Waals surface area contributed by atoms with Gasteiger partial charge in [0.15, 0.2) is 5.82 Å². The molecule has 1 aromatic rings. The van der Waals surface area contributed by atoms with Gasteiger partial charge in [-0.25, -0.2) is 10.0 Å². The summed E-state index contributed by atoms with van der Waals surface area (Å²) in [5.74, 6) is 0.575. The Labute approximate surface area is 95.1 Å². The molecule has 0 aromatic carbocycles. The van der Waals surface area contributed by atoms with Gasteiger partial charge in [-0.3, -0.25) is 5.21 Å². The van der Waals surface area contributed by atoms with Gasteiger partial charge in [0.25, 0.3) is 0 Å². The van der Waals surface area contributed by atoms with Crippen molar-refractivity contribution in [2.75, 3.05) is 12.2 Å². The Morgan fingerprint density at radius 1 is 1.44 bits per heavy atom. The van der Waals surface area contributed by atoms with Gasteiger partial charge >= 0.3 is 0 Å². The molecule has 1 aliphatic carbocycles. The van der Waals surface area contributed by atoms with Gasteiger partial charge < -0.3 is 4.74 Å². The lowest BCUT2D eigenvalue weighted by atomic mass is 10.2. The molecule has 0 unspecified atom stereocenters. The van der Waals surface area contributed by atoms with E-state index in [0.717, 1.165) is 12.1 Å². The Kier molecular flexibility index (Phi) is 3.22. The second-order valence-electron chi connectivity index (χ2n) is 3.94. The van der Waals surface area contributed by atoms with Gasteiger partial charge in [0.1, 0.15) is 0 Å². The van der Waals surface area contributed by atoms with E-state index in [1.165, 1.54) is 5.06 Å². The molecule has 1 heterocycles. The number of hydrogen-bond donors (Lipinski definition) is 1. The van der Waals surface area contributed by atoms with Crippen LogP contribution in [-0.2, 0) is 4.74 Å². The first kappa shape index (κ1) is 11.1. The highest BCUT2D eigenvalue weighted by Crippen LogP contribution is 2.22. The lowest BCUT2D eigenvalue weighted by Crippen LogP contribution is -2.31. The second-order valence-corrected chi connectivity index (χ2v) is 3.94. The molecule has 4 heteroatoms. The summed E-state index contributed by atoms with van der Waals surface area (Å²) in [5.41, 5.74) is 0.891. The van der Waals surface area contributed by atoms with Crippen molar-refractivity contribution in [2.24, 2.45) is 0 Å². The lowest BCUT2D eigenvalue weighted by molar-refractivity contribution is 0.126. The summed E-state index contributed by atoms with van der Waals surface area (Å²) in [6.45, 7) is 1.90. The van der Waals surface area contributed by atoms with E-state index in [4.69, 9.17) is 4.74 Å². The molecule has 0 aliphatic heterocycles. The number of rotatable bonds is 3. The van der Waals surface area contributed by atoms with Crippen LogP contribution in [-0.4, -0.2) is 29.4 Å². The van der Waals surface area contributed by atoms with Crippen molar-refractivity contribution in [1.82, 2.24) is 4.98 Å². The van der Waals surface area contributed by atoms with E-state index in [-0.39, 0.29) is 12.1 Å². The number of ether oxygens (including phenoxy) is 1. The number of hydroxylamine groups is 1. The summed E-state index contributed by atoms with van der Waals surface area (Å²) in [4.78, 5) is 4.27. The van der Waals surface area contributed by atoms with Gasteiger partial charge in [-0.15, -0.1) is 0 Å². The maximum atomic E-state index is 10.0. The number of aryl methyl sites for hydroxylation is 1. The fourth-order valence-electron chi connectivity index (χ4n) is 1.83. The Balaban J connectivity index is 2.09. The molecule has 2 atom stereocenters. The molecular weight excluding hydrogens is 204 g/mol. The van der Waals surface area contributed by atoms with Crippen molar-refractivity contribution in [3.63, 3.8) is 0 Å². The van der Waals surface area contributed by atoms with Crippen LogP contribution < -0.4 is 5.06 Å². The molecule has 86 valence electrons. The van der Waals surface area contributed by atoms with Crippen molar-refractivity contribution in [2.45, 2.75) is 25.5 Å². The van der Waals surface area contributed by atoms with Gasteiger partial charge in [-0.05, 0) is 19.1 Å². The summed E-state index contributed by atoms with van der Waals surface area (Å²) in [7, 11) is 1.67. The van der Waals surface area contributed by atoms with Gasteiger partial charge in [0.05, 0.1) is 12.1 Å². The van der Waals surface area contributed by atoms with Crippen LogP contribution in [0, 0.1) is 6.92 Å². The molecule has 0 saturated carbocycles. The van der Waals surface area contributed by atoms with Crippen LogP contribution in [0.25, 0.3) is 0 Å². The molecule has 0 fully saturated rings. The molecule has 0 amide bonds. The first-order valence-corrected chi connectivity index (χ1v) is 5.33. The summed E-state index contributed by atoms with van der Waals surface area (Å²) in [5, 5.41) is 11.2. The first-order chi connectivity index (χ1) is 7.70. The zero-order valence-electron chi connectivity index (χ0n) is 9.50. The standard InChI is InChI=1S/C12H16N2O2/c1-9-4-3-5-12(13-9)14(15)10-6-7-11(8-10)16-2/h3-7,10-11,15H,8H2,1-2H3/t10-,11-/m0/s1. The third-order valence-electron chi connectivity index (χ3n) is 2.75. The van der Waals surface area contributed by atoms with Gasteiger partial charge in [0, 0.05) is 19.2 Å². The fraction of sp³-hybridized carbons (Fsp3) is 0.417. The van der Waals surface area contributed by atoms with Gasteiger partial charge in [0.2, 0.25) is 0 Å². The predicted octanol–water partition coefficient (Wildman–Crippen LogP) is 1.93. The minimum absolute atomic E-state index is 0.0563. The largest absolute Gasteiger partial charge is 0.377 e. The molecule has 1 aromatic heterocycles. The zero-order chi connectivity index (χ0) is 11.5. The van der Waals surface area contributed by atoms with E-state index in [0.29, 0.717) is 5.82 Å². The monoisotopic (exact) mass is 220 g/mol. The molecule has 0 bridgehead atoms. The third kappa shape index (κ3) is 2.23. The molecule has 4 nitrogen and oxygen atoms in total. The number of anilines is 1. The third-order valence-corrected chi connectivity index (χ3v) is 2.75. The van der Waals surface area contributed by atoms with Crippen LogP contribution in [0.2, 0.25) is 0 Å². The van der Waals surface area contributed by atoms with Crippen LogP contribution >= 0.6 is 0 Å². The Morgan fingerprint density at radius 3 is 2.88 bits per heavy atom. The lowest BCUT2D eigenvalue weighted by Gasteiger charge is -2.22. The Bertz CT molecular complexity index is 392. The molecule has 0 spiro atoms. The summed E-state index contributed by atoms with van der Waals surface area (Å²) >= 11 is 0. The minimum atomic E-state index is -0.0563. The van der Waals surface area contributed by atoms with Crippen molar-refractivity contribution in [1.29, 1.82) is 0 Å². The van der Waals surface area contributed by atoms with Crippen LogP contribution in [0.5, 0.6) is 0 Å². The highest BCUT2D eigenvalue weighted by atomic mass is 16.5. The molecule has 0 radical (unpaired) electrons. The second kappa shape index (κ2) is 4.63. The van der Waals surface area contributed by atoms with Crippen LogP contribution in [0.3, 0.4) is 0 Å². The van der Waals surface area contributed by atoms with E-state index < -0.39 is 0 Å². The molecule has 16 heavy (non-hydrogen) atoms. The van der Waals surface area contributed by atoms with E-state index in [2.05, 4.69) is 4.98 Å². The predicted molar refractivity (Wildman–Crippen MR) is 61.6 cm³/mol. The van der Waals surface area contributed by atoms with Crippen molar-refractivity contribution >= 4 is 5.82 Å². The number of hydrogen-bond acceptors (Lipinski definition) is 4. The van der Waals surface area contributed by atoms with E-state index in [1.807, 2.05) is 31.2 Å². The van der Waals surface area contributed by atoms with Crippen molar-refractivity contribution < 1.29 is 9.94 Å². The molecule has 1 N–H and O–H groups in total. The first-order valence-electron chi connectivity index (χ1n) is 5.33.